The summed E-state index contributed by atoms with van der Waals surface area (Å²) in [6.45, 7) is 1.19. The molecule has 2 N–H and O–H groups in total. The number of aryl methyl sites for hydroxylation is 1. The number of fused-ring (bicyclic) bond motifs is 1. The van der Waals surface area contributed by atoms with E-state index in [9.17, 15) is 4.79 Å². The van der Waals surface area contributed by atoms with Crippen LogP contribution < -0.4 is 10.6 Å². The molecule has 0 radical (unpaired) electrons. The fourth-order valence-corrected chi connectivity index (χ4v) is 3.17. The van der Waals surface area contributed by atoms with Crippen molar-refractivity contribution in [2.45, 2.75) is 13.0 Å². The summed E-state index contributed by atoms with van der Waals surface area (Å²) in [5.41, 5.74) is 3.33. The van der Waals surface area contributed by atoms with Gasteiger partial charge in [0.1, 0.15) is 11.3 Å². The number of nitrogens with one attached hydrogen (secondary N) is 2. The average molecular weight is 407 g/mol. The minimum absolute atomic E-state index is 0.254. The molecule has 0 saturated carbocycles. The molecule has 8 heteroatoms. The summed E-state index contributed by atoms with van der Waals surface area (Å²) in [6.07, 6.45) is 5.98. The maximum atomic E-state index is 12.1. The van der Waals surface area contributed by atoms with Crippen molar-refractivity contribution in [3.05, 3.63) is 72.1 Å². The summed E-state index contributed by atoms with van der Waals surface area (Å²) in [5.74, 6) is 0.840. The first kappa shape index (κ1) is 18.9. The van der Waals surface area contributed by atoms with Gasteiger partial charge in [-0.3, -0.25) is 4.98 Å². The van der Waals surface area contributed by atoms with Gasteiger partial charge in [-0.1, -0.05) is 11.6 Å². The highest BCUT2D eigenvalue weighted by molar-refractivity contribution is 6.30. The van der Waals surface area contributed by atoms with Crippen molar-refractivity contribution in [2.75, 3.05) is 11.9 Å². The molecule has 0 spiro atoms. The number of anilines is 1. The number of benzene rings is 1. The van der Waals surface area contributed by atoms with Crippen LogP contribution in [0.4, 0.5) is 10.5 Å². The number of urea groups is 1. The zero-order valence-corrected chi connectivity index (χ0v) is 16.3. The first-order chi connectivity index (χ1) is 14.2. The van der Waals surface area contributed by atoms with Gasteiger partial charge < -0.3 is 15.2 Å². The smallest absolute Gasteiger partial charge is 0.319 e. The Morgan fingerprint density at radius 3 is 2.62 bits per heavy atom. The molecule has 0 bridgehead atoms. The van der Waals surface area contributed by atoms with Crippen molar-refractivity contribution < 1.29 is 4.79 Å². The van der Waals surface area contributed by atoms with Gasteiger partial charge in [-0.05, 0) is 55.0 Å². The van der Waals surface area contributed by atoms with Crippen LogP contribution in [-0.4, -0.2) is 32.1 Å². The Balaban J connectivity index is 1.40. The summed E-state index contributed by atoms with van der Waals surface area (Å²) >= 11 is 5.85. The molecule has 0 fully saturated rings. The van der Waals surface area contributed by atoms with Gasteiger partial charge in [0, 0.05) is 48.0 Å². The normalized spacial score (nSPS) is 10.8. The Kier molecular flexibility index (Phi) is 5.67. The molecule has 0 aliphatic carbocycles. The Morgan fingerprint density at radius 2 is 1.83 bits per heavy atom. The number of halogens is 1. The van der Waals surface area contributed by atoms with Gasteiger partial charge in [-0.2, -0.15) is 0 Å². The van der Waals surface area contributed by atoms with Crippen LogP contribution in [0.15, 0.2) is 67.1 Å². The minimum atomic E-state index is -0.254. The number of aromatic nitrogens is 4. The number of nitrogens with zero attached hydrogens (tertiary/aromatic N) is 4. The molecule has 4 aromatic rings. The molecular weight excluding hydrogens is 388 g/mol. The van der Waals surface area contributed by atoms with Gasteiger partial charge in [0.2, 0.25) is 0 Å². The fourth-order valence-electron chi connectivity index (χ4n) is 3.04. The highest BCUT2D eigenvalue weighted by Gasteiger charge is 2.13. The molecule has 3 aromatic heterocycles. The number of imidazole rings is 1. The number of carbonyl (C=O) groups excluding carboxylic acids is 1. The van der Waals surface area contributed by atoms with E-state index in [-0.39, 0.29) is 6.03 Å². The van der Waals surface area contributed by atoms with Crippen LogP contribution in [0.2, 0.25) is 5.02 Å². The van der Waals surface area contributed by atoms with Crippen LogP contribution in [-0.2, 0) is 6.54 Å². The second-order valence-corrected chi connectivity index (χ2v) is 6.85. The lowest BCUT2D eigenvalue weighted by Gasteiger charge is -2.10. The lowest BCUT2D eigenvalue weighted by molar-refractivity contribution is 0.252. The van der Waals surface area contributed by atoms with Crippen LogP contribution in [0.1, 0.15) is 6.42 Å². The van der Waals surface area contributed by atoms with Crippen molar-refractivity contribution >= 4 is 34.5 Å². The lowest BCUT2D eigenvalue weighted by Crippen LogP contribution is -2.30. The average Bonchev–Trinajstić information content (AvgIpc) is 3.12. The van der Waals surface area contributed by atoms with Crippen LogP contribution in [0.3, 0.4) is 0 Å². The largest absolute Gasteiger partial charge is 0.338 e. The first-order valence-corrected chi connectivity index (χ1v) is 9.60. The quantitative estimate of drug-likeness (QED) is 0.466. The molecular formula is C21H19ClN6O. The van der Waals surface area contributed by atoms with Gasteiger partial charge >= 0.3 is 6.03 Å². The molecule has 2 amide bonds. The predicted octanol–water partition coefficient (Wildman–Crippen LogP) is 4.36. The topological polar surface area (TPSA) is 84.7 Å². The number of rotatable bonds is 6. The van der Waals surface area contributed by atoms with E-state index in [0.29, 0.717) is 23.8 Å². The fraction of sp³-hybridized carbons (Fsp3) is 0.143. The summed E-state index contributed by atoms with van der Waals surface area (Å²) in [5, 5.41) is 6.28. The first-order valence-electron chi connectivity index (χ1n) is 9.23. The van der Waals surface area contributed by atoms with E-state index in [1.54, 1.807) is 42.9 Å². The number of amides is 2. The molecule has 0 saturated heterocycles. The van der Waals surface area contributed by atoms with E-state index >= 15 is 0 Å². The van der Waals surface area contributed by atoms with Gasteiger partial charge in [-0.15, -0.1) is 0 Å². The monoisotopic (exact) mass is 406 g/mol. The molecule has 1 aromatic carbocycles. The van der Waals surface area contributed by atoms with Crippen molar-refractivity contribution in [1.29, 1.82) is 0 Å². The second-order valence-electron chi connectivity index (χ2n) is 6.41. The Labute approximate surface area is 172 Å². The van der Waals surface area contributed by atoms with Gasteiger partial charge in [-0.25, -0.2) is 14.8 Å². The third-order valence-electron chi connectivity index (χ3n) is 4.39. The van der Waals surface area contributed by atoms with E-state index in [1.165, 1.54) is 0 Å². The molecule has 7 nitrogen and oxygen atoms in total. The van der Waals surface area contributed by atoms with Crippen LogP contribution >= 0.6 is 11.6 Å². The Bertz CT molecular complexity index is 1110. The SMILES string of the molecule is O=C(NCCCn1c(-c2ccncc2)nc2cccnc21)Nc1ccc(Cl)cc1. The maximum Gasteiger partial charge on any atom is 0.319 e. The van der Waals surface area contributed by atoms with Crippen molar-refractivity contribution in [3.63, 3.8) is 0 Å². The van der Waals surface area contributed by atoms with E-state index in [4.69, 9.17) is 16.6 Å². The molecule has 0 aliphatic heterocycles. The Hall–Kier alpha value is -3.45. The van der Waals surface area contributed by atoms with Crippen LogP contribution in [0.5, 0.6) is 0 Å². The number of hydrogen-bond donors (Lipinski definition) is 2. The number of carbonyl (C=O) groups is 1. The minimum Gasteiger partial charge on any atom is -0.338 e. The molecule has 29 heavy (non-hydrogen) atoms. The summed E-state index contributed by atoms with van der Waals surface area (Å²) in [4.78, 5) is 25.3. The van der Waals surface area contributed by atoms with E-state index in [0.717, 1.165) is 29.0 Å². The van der Waals surface area contributed by atoms with Crippen molar-refractivity contribution in [1.82, 2.24) is 24.8 Å². The Morgan fingerprint density at radius 1 is 1.03 bits per heavy atom. The third kappa shape index (κ3) is 4.52. The van der Waals surface area contributed by atoms with Crippen molar-refractivity contribution in [3.8, 4) is 11.4 Å². The zero-order chi connectivity index (χ0) is 20.1. The van der Waals surface area contributed by atoms with Gasteiger partial charge in [0.25, 0.3) is 0 Å². The van der Waals surface area contributed by atoms with Gasteiger partial charge in [0.05, 0.1) is 0 Å². The third-order valence-corrected chi connectivity index (χ3v) is 4.64. The van der Waals surface area contributed by atoms with Gasteiger partial charge in [0.15, 0.2) is 5.65 Å². The molecule has 3 heterocycles. The van der Waals surface area contributed by atoms with E-state index in [1.807, 2.05) is 24.3 Å². The molecule has 0 atom stereocenters. The van der Waals surface area contributed by atoms with Crippen LogP contribution in [0.25, 0.3) is 22.6 Å². The standard InChI is InChI=1S/C21H19ClN6O/c22-16-4-6-17(7-5-16)26-21(29)25-11-2-14-28-19(15-8-12-23-13-9-15)27-18-3-1-10-24-20(18)28/h1,3-10,12-13H,2,11,14H2,(H2,25,26,29). The molecule has 0 aliphatic rings. The second kappa shape index (κ2) is 8.70. The number of pyridine rings is 2. The molecule has 146 valence electrons. The molecule has 0 unspecified atom stereocenters. The predicted molar refractivity (Wildman–Crippen MR) is 114 cm³/mol. The lowest BCUT2D eigenvalue weighted by atomic mass is 10.2. The highest BCUT2D eigenvalue weighted by atomic mass is 35.5. The van der Waals surface area contributed by atoms with E-state index in [2.05, 4.69) is 25.2 Å². The zero-order valence-electron chi connectivity index (χ0n) is 15.5. The molecule has 4 rings (SSSR count). The maximum absolute atomic E-state index is 12.1. The summed E-state index contributed by atoms with van der Waals surface area (Å²) < 4.78 is 2.07. The number of hydrogen-bond acceptors (Lipinski definition) is 4. The van der Waals surface area contributed by atoms with Crippen molar-refractivity contribution in [2.24, 2.45) is 0 Å². The van der Waals surface area contributed by atoms with Crippen LogP contribution in [0, 0.1) is 0 Å². The van der Waals surface area contributed by atoms with E-state index < -0.39 is 0 Å². The highest BCUT2D eigenvalue weighted by Crippen LogP contribution is 2.23. The summed E-state index contributed by atoms with van der Waals surface area (Å²) in [7, 11) is 0. The summed E-state index contributed by atoms with van der Waals surface area (Å²) in [6, 6.07) is 14.4.